The average Bonchev–Trinajstić information content (AvgIpc) is 2.25. The van der Waals surface area contributed by atoms with Crippen LogP contribution in [0.25, 0.3) is 0 Å². The molecule has 0 saturated carbocycles. The molecule has 21 heavy (non-hydrogen) atoms. The van der Waals surface area contributed by atoms with Gasteiger partial charge in [0, 0.05) is 10.6 Å². The molecule has 1 atom stereocenters. The standard InChI is InChI=1S/C14H19ClF2N2O2/c1-13(2,3)21-12(20)19-10-7-8(15)5-6-9(10)14(4,18)11(16)17/h5-7,11H,18H2,1-4H3,(H,19,20). The van der Waals surface area contributed by atoms with Crippen molar-refractivity contribution in [3.05, 3.63) is 28.8 Å². The number of nitrogens with two attached hydrogens (primary N) is 1. The summed E-state index contributed by atoms with van der Waals surface area (Å²) in [6.07, 6.45) is -3.58. The fraction of sp³-hybridized carbons (Fsp3) is 0.500. The van der Waals surface area contributed by atoms with E-state index in [1.165, 1.54) is 25.1 Å². The highest BCUT2D eigenvalue weighted by molar-refractivity contribution is 6.31. The van der Waals surface area contributed by atoms with Crippen LogP contribution < -0.4 is 11.1 Å². The summed E-state index contributed by atoms with van der Waals surface area (Å²) in [4.78, 5) is 11.8. The third-order valence-corrected chi connectivity index (χ3v) is 2.89. The quantitative estimate of drug-likeness (QED) is 0.880. The summed E-state index contributed by atoms with van der Waals surface area (Å²) >= 11 is 5.84. The fourth-order valence-electron chi connectivity index (χ4n) is 1.62. The van der Waals surface area contributed by atoms with Gasteiger partial charge in [-0.25, -0.2) is 13.6 Å². The van der Waals surface area contributed by atoms with E-state index in [-0.39, 0.29) is 16.3 Å². The third kappa shape index (κ3) is 4.82. The first-order valence-electron chi connectivity index (χ1n) is 6.30. The Kier molecular flexibility index (Phi) is 5.17. The van der Waals surface area contributed by atoms with Gasteiger partial charge in [0.25, 0.3) is 6.43 Å². The van der Waals surface area contributed by atoms with Crippen molar-refractivity contribution in [2.75, 3.05) is 5.32 Å². The van der Waals surface area contributed by atoms with E-state index in [0.717, 1.165) is 0 Å². The van der Waals surface area contributed by atoms with Crippen LogP contribution in [0.5, 0.6) is 0 Å². The molecular weight excluding hydrogens is 302 g/mol. The number of nitrogens with one attached hydrogen (secondary N) is 1. The highest BCUT2D eigenvalue weighted by Crippen LogP contribution is 2.33. The Labute approximate surface area is 127 Å². The van der Waals surface area contributed by atoms with Gasteiger partial charge in [-0.1, -0.05) is 17.7 Å². The minimum Gasteiger partial charge on any atom is -0.444 e. The number of hydrogen-bond donors (Lipinski definition) is 2. The number of halogens is 3. The van der Waals surface area contributed by atoms with Crippen LogP contribution in [0.1, 0.15) is 33.3 Å². The number of carbonyl (C=O) groups is 1. The molecule has 0 aromatic heterocycles. The first-order valence-corrected chi connectivity index (χ1v) is 6.68. The molecule has 118 valence electrons. The van der Waals surface area contributed by atoms with Crippen molar-refractivity contribution in [1.82, 2.24) is 0 Å². The molecule has 0 radical (unpaired) electrons. The Morgan fingerprint density at radius 2 is 1.90 bits per heavy atom. The number of benzene rings is 1. The van der Waals surface area contributed by atoms with Crippen LogP contribution in [-0.4, -0.2) is 18.1 Å². The smallest absolute Gasteiger partial charge is 0.412 e. The van der Waals surface area contributed by atoms with E-state index in [1.807, 2.05) is 0 Å². The number of carbonyl (C=O) groups excluding carboxylic acids is 1. The molecule has 0 bridgehead atoms. The zero-order chi connectivity index (χ0) is 16.4. The molecule has 0 heterocycles. The molecule has 0 aliphatic heterocycles. The zero-order valence-corrected chi connectivity index (χ0v) is 13.1. The second-order valence-corrected chi connectivity index (χ2v) is 6.34. The lowest BCUT2D eigenvalue weighted by Gasteiger charge is -2.27. The lowest BCUT2D eigenvalue weighted by molar-refractivity contribution is 0.0605. The van der Waals surface area contributed by atoms with E-state index in [4.69, 9.17) is 22.1 Å². The lowest BCUT2D eigenvalue weighted by Crippen LogP contribution is -2.41. The molecule has 0 fully saturated rings. The van der Waals surface area contributed by atoms with Gasteiger partial charge in [0.05, 0.1) is 5.69 Å². The van der Waals surface area contributed by atoms with Crippen molar-refractivity contribution in [2.24, 2.45) is 5.73 Å². The van der Waals surface area contributed by atoms with Crippen molar-refractivity contribution in [3.63, 3.8) is 0 Å². The Bertz CT molecular complexity index is 528. The van der Waals surface area contributed by atoms with Crippen LogP contribution in [0.4, 0.5) is 19.3 Å². The maximum atomic E-state index is 13.1. The van der Waals surface area contributed by atoms with Gasteiger partial charge in [-0.2, -0.15) is 0 Å². The number of rotatable bonds is 3. The van der Waals surface area contributed by atoms with E-state index >= 15 is 0 Å². The first kappa shape index (κ1) is 17.7. The molecule has 0 aliphatic rings. The number of amides is 1. The van der Waals surface area contributed by atoms with Crippen LogP contribution in [0.3, 0.4) is 0 Å². The molecule has 1 aromatic carbocycles. The van der Waals surface area contributed by atoms with E-state index in [9.17, 15) is 13.6 Å². The minimum absolute atomic E-state index is 0.0766. The van der Waals surface area contributed by atoms with Gasteiger partial charge in [-0.15, -0.1) is 0 Å². The molecule has 1 amide bonds. The van der Waals surface area contributed by atoms with Gasteiger partial charge in [0.1, 0.15) is 11.1 Å². The number of ether oxygens (including phenoxy) is 1. The van der Waals surface area contributed by atoms with Crippen molar-refractivity contribution in [1.29, 1.82) is 0 Å². The van der Waals surface area contributed by atoms with E-state index in [1.54, 1.807) is 20.8 Å². The number of hydrogen-bond acceptors (Lipinski definition) is 3. The summed E-state index contributed by atoms with van der Waals surface area (Å²) in [7, 11) is 0. The van der Waals surface area contributed by atoms with Crippen LogP contribution in [0.15, 0.2) is 18.2 Å². The molecule has 0 spiro atoms. The van der Waals surface area contributed by atoms with Crippen molar-refractivity contribution in [2.45, 2.75) is 45.3 Å². The molecular formula is C14H19ClF2N2O2. The van der Waals surface area contributed by atoms with Crippen LogP contribution >= 0.6 is 11.6 Å². The highest BCUT2D eigenvalue weighted by atomic mass is 35.5. The van der Waals surface area contributed by atoms with Crippen molar-refractivity contribution >= 4 is 23.4 Å². The van der Waals surface area contributed by atoms with Gasteiger partial charge in [-0.3, -0.25) is 5.32 Å². The molecule has 1 rings (SSSR count). The lowest BCUT2D eigenvalue weighted by atomic mass is 9.92. The Morgan fingerprint density at radius 1 is 1.33 bits per heavy atom. The van der Waals surface area contributed by atoms with Gasteiger partial charge in [0.15, 0.2) is 0 Å². The SMILES string of the molecule is CC(C)(C)OC(=O)Nc1cc(Cl)ccc1C(C)(N)C(F)F. The maximum Gasteiger partial charge on any atom is 0.412 e. The minimum atomic E-state index is -2.81. The summed E-state index contributed by atoms with van der Waals surface area (Å²) in [5, 5.41) is 2.70. The molecule has 3 N–H and O–H groups in total. The summed E-state index contributed by atoms with van der Waals surface area (Å²) in [6.45, 7) is 6.26. The Morgan fingerprint density at radius 3 is 2.38 bits per heavy atom. The second kappa shape index (κ2) is 6.15. The van der Waals surface area contributed by atoms with E-state index in [0.29, 0.717) is 0 Å². The van der Waals surface area contributed by atoms with Crippen molar-refractivity contribution in [3.8, 4) is 0 Å². The Hall–Kier alpha value is -1.40. The fourth-order valence-corrected chi connectivity index (χ4v) is 1.79. The molecule has 1 unspecified atom stereocenters. The van der Waals surface area contributed by atoms with E-state index < -0.39 is 23.7 Å². The van der Waals surface area contributed by atoms with Gasteiger partial charge in [-0.05, 0) is 39.8 Å². The topological polar surface area (TPSA) is 64.3 Å². The summed E-state index contributed by atoms with van der Waals surface area (Å²) in [5.74, 6) is 0. The average molecular weight is 321 g/mol. The summed E-state index contributed by atoms with van der Waals surface area (Å²) in [5.41, 5.74) is 3.19. The predicted octanol–water partition coefficient (Wildman–Crippen LogP) is 4.13. The molecule has 0 aliphatic carbocycles. The van der Waals surface area contributed by atoms with E-state index in [2.05, 4.69) is 5.32 Å². The van der Waals surface area contributed by atoms with Crippen LogP contribution in [0.2, 0.25) is 5.02 Å². The summed E-state index contributed by atoms with van der Waals surface area (Å²) in [6, 6.07) is 4.15. The van der Waals surface area contributed by atoms with Crippen LogP contribution in [-0.2, 0) is 10.3 Å². The molecule has 7 heteroatoms. The predicted molar refractivity (Wildman–Crippen MR) is 78.9 cm³/mol. The monoisotopic (exact) mass is 320 g/mol. The molecule has 0 saturated heterocycles. The largest absolute Gasteiger partial charge is 0.444 e. The van der Waals surface area contributed by atoms with Gasteiger partial charge in [0.2, 0.25) is 0 Å². The number of anilines is 1. The third-order valence-electron chi connectivity index (χ3n) is 2.65. The van der Waals surface area contributed by atoms with Crippen molar-refractivity contribution < 1.29 is 18.3 Å². The summed E-state index contributed by atoms with van der Waals surface area (Å²) < 4.78 is 31.3. The first-order chi connectivity index (χ1) is 9.43. The van der Waals surface area contributed by atoms with Gasteiger partial charge < -0.3 is 10.5 Å². The zero-order valence-electron chi connectivity index (χ0n) is 12.3. The Balaban J connectivity index is 3.12. The normalized spacial score (nSPS) is 14.7. The molecule has 4 nitrogen and oxygen atoms in total. The van der Waals surface area contributed by atoms with Gasteiger partial charge >= 0.3 is 6.09 Å². The molecule has 1 aromatic rings. The van der Waals surface area contributed by atoms with Crippen LogP contribution in [0, 0.1) is 0 Å². The second-order valence-electron chi connectivity index (χ2n) is 5.90. The number of alkyl halides is 2. The maximum absolute atomic E-state index is 13.1. The highest BCUT2D eigenvalue weighted by Gasteiger charge is 2.35.